The van der Waals surface area contributed by atoms with Gasteiger partial charge in [-0.15, -0.1) is 0 Å². The summed E-state index contributed by atoms with van der Waals surface area (Å²) in [7, 11) is -4.59. The van der Waals surface area contributed by atoms with Crippen molar-refractivity contribution in [1.82, 2.24) is 0 Å². The van der Waals surface area contributed by atoms with Gasteiger partial charge >= 0.3 is 51.4 Å². The third-order valence-electron chi connectivity index (χ3n) is 3.68. The van der Waals surface area contributed by atoms with E-state index in [1.54, 1.807) is 24.3 Å². The van der Waals surface area contributed by atoms with Crippen molar-refractivity contribution in [2.45, 2.75) is 43.9 Å². The second-order valence-electron chi connectivity index (χ2n) is 5.61. The Labute approximate surface area is 191 Å². The van der Waals surface area contributed by atoms with Gasteiger partial charge in [0.1, 0.15) is 11.5 Å². The second-order valence-corrected chi connectivity index (χ2v) is 7.00. The average molecular weight is 389 g/mol. The molecule has 7 heteroatoms. The third kappa shape index (κ3) is 7.01. The minimum atomic E-state index is -4.59. The molecule has 0 spiro atoms. The quantitative estimate of drug-likeness (QED) is 0.413. The standard InChI is InChI=1S/C18H22O5S.K/c1-2-3-4-6-9-14-12-16(19)18(24(20,21)22)13-17(14)23-15-10-7-5-8-11-15;/h5,7-8,10-13,19H,2-4,6,9H2,1H3,(H,20,21,22);/q;+1/p-1. The molecule has 0 unspecified atom stereocenters. The monoisotopic (exact) mass is 388 g/mol. The first-order chi connectivity index (χ1) is 11.4. The maximum absolute atomic E-state index is 12.0. The van der Waals surface area contributed by atoms with Crippen LogP contribution in [0.3, 0.4) is 0 Å². The van der Waals surface area contributed by atoms with Gasteiger partial charge in [0, 0.05) is 6.07 Å². The Morgan fingerprint density at radius 3 is 2.36 bits per heavy atom. The van der Waals surface area contributed by atoms with E-state index in [0.717, 1.165) is 31.7 Å². The van der Waals surface area contributed by atoms with Crippen LogP contribution in [0.1, 0.15) is 38.2 Å². The van der Waals surface area contributed by atoms with E-state index in [2.05, 4.69) is 6.92 Å². The third-order valence-corrected chi connectivity index (χ3v) is 4.55. The van der Waals surface area contributed by atoms with Crippen molar-refractivity contribution < 1.29 is 74.2 Å². The number of hydrogen-bond acceptors (Lipinski definition) is 4. The van der Waals surface area contributed by atoms with Gasteiger partial charge < -0.3 is 9.84 Å². The number of rotatable bonds is 8. The summed E-state index contributed by atoms with van der Waals surface area (Å²) in [5, 5.41) is 12.0. The van der Waals surface area contributed by atoms with Crippen molar-refractivity contribution in [3.63, 3.8) is 0 Å². The molecule has 0 bridgehead atoms. The van der Waals surface area contributed by atoms with Crippen LogP contribution in [0.15, 0.2) is 47.4 Å². The molecule has 2 aromatic carbocycles. The maximum atomic E-state index is 12.0. The van der Waals surface area contributed by atoms with Crippen LogP contribution < -0.4 is 61.2 Å². The largest absolute Gasteiger partial charge is 1.00 e. The molecule has 1 N–H and O–H groups in total. The summed E-state index contributed by atoms with van der Waals surface area (Å²) in [6.45, 7) is 2.11. The van der Waals surface area contributed by atoms with Crippen LogP contribution in [-0.4, -0.2) is 13.0 Å². The molecule has 0 aliphatic rings. The van der Waals surface area contributed by atoms with Crippen molar-refractivity contribution in [2.75, 3.05) is 0 Å². The van der Waals surface area contributed by atoms with Crippen molar-refractivity contribution >= 4 is 10.1 Å². The van der Waals surface area contributed by atoms with Gasteiger partial charge in [0.25, 0.3) is 10.1 Å². The molecule has 0 aromatic heterocycles. The van der Waals surface area contributed by atoms with Crippen molar-refractivity contribution in [3.8, 4) is 17.2 Å². The molecule has 0 fully saturated rings. The molecule has 0 heterocycles. The molecule has 2 rings (SSSR count). The minimum Gasteiger partial charge on any atom is -0.872 e. The normalized spacial score (nSPS) is 11.0. The van der Waals surface area contributed by atoms with Gasteiger partial charge in [-0.25, -0.2) is 0 Å². The SMILES string of the molecule is CCCCCCc1cc([O-])c(S(=O)(=O)O)cc1Oc1ccccc1.[K+]. The van der Waals surface area contributed by atoms with E-state index in [-0.39, 0.29) is 57.1 Å². The summed E-state index contributed by atoms with van der Waals surface area (Å²) in [6.07, 6.45) is 4.71. The summed E-state index contributed by atoms with van der Waals surface area (Å²) >= 11 is 0. The summed E-state index contributed by atoms with van der Waals surface area (Å²) in [4.78, 5) is -0.661. The van der Waals surface area contributed by atoms with Crippen LogP contribution in [-0.2, 0) is 16.5 Å². The number of para-hydroxylation sites is 1. The predicted octanol–water partition coefficient (Wildman–Crippen LogP) is 0.926. The molecule has 0 atom stereocenters. The molecule has 0 radical (unpaired) electrons. The fourth-order valence-corrected chi connectivity index (χ4v) is 3.00. The molecule has 0 aliphatic heterocycles. The van der Waals surface area contributed by atoms with E-state index in [4.69, 9.17) is 4.74 Å². The molecule has 25 heavy (non-hydrogen) atoms. The second kappa shape index (κ2) is 10.7. The Kier molecular flexibility index (Phi) is 9.65. The van der Waals surface area contributed by atoms with Crippen molar-refractivity contribution in [3.05, 3.63) is 48.0 Å². The minimum absolute atomic E-state index is 0. The zero-order valence-electron chi connectivity index (χ0n) is 14.6. The van der Waals surface area contributed by atoms with Crippen LogP contribution in [0.4, 0.5) is 0 Å². The van der Waals surface area contributed by atoms with Gasteiger partial charge in [0.2, 0.25) is 0 Å². The zero-order chi connectivity index (χ0) is 17.6. The molecule has 2 aromatic rings. The first-order valence-corrected chi connectivity index (χ1v) is 9.40. The Morgan fingerprint density at radius 1 is 1.08 bits per heavy atom. The van der Waals surface area contributed by atoms with Crippen LogP contribution in [0.2, 0.25) is 0 Å². The average Bonchev–Trinajstić information content (AvgIpc) is 2.53. The van der Waals surface area contributed by atoms with Gasteiger partial charge in [0.05, 0.1) is 4.90 Å². The summed E-state index contributed by atoms with van der Waals surface area (Å²) in [5.41, 5.74) is 0.646. The molecule has 5 nitrogen and oxygen atoms in total. The Morgan fingerprint density at radius 2 is 1.76 bits per heavy atom. The first kappa shape index (κ1) is 22.6. The van der Waals surface area contributed by atoms with Gasteiger partial charge in [-0.05, 0) is 30.5 Å². The van der Waals surface area contributed by atoms with Crippen LogP contribution in [0.5, 0.6) is 17.2 Å². The van der Waals surface area contributed by atoms with Crippen LogP contribution >= 0.6 is 0 Å². The van der Waals surface area contributed by atoms with Gasteiger partial charge in [-0.3, -0.25) is 4.55 Å². The molecule has 0 aliphatic carbocycles. The van der Waals surface area contributed by atoms with E-state index < -0.39 is 20.8 Å². The van der Waals surface area contributed by atoms with Crippen LogP contribution in [0.25, 0.3) is 0 Å². The molecular weight excluding hydrogens is 367 g/mol. The van der Waals surface area contributed by atoms with E-state index >= 15 is 0 Å². The van der Waals surface area contributed by atoms with E-state index in [9.17, 15) is 18.1 Å². The summed E-state index contributed by atoms with van der Waals surface area (Å²) in [5.74, 6) is 0.0978. The van der Waals surface area contributed by atoms with Crippen molar-refractivity contribution in [1.29, 1.82) is 0 Å². The predicted molar refractivity (Wildman–Crippen MR) is 90.1 cm³/mol. The smallest absolute Gasteiger partial charge is 0.872 e. The maximum Gasteiger partial charge on any atom is 1.00 e. The molecule has 0 saturated carbocycles. The first-order valence-electron chi connectivity index (χ1n) is 7.96. The number of ether oxygens (including phenoxy) is 1. The fourth-order valence-electron chi connectivity index (χ4n) is 2.43. The van der Waals surface area contributed by atoms with Gasteiger partial charge in [0.15, 0.2) is 0 Å². The molecule has 130 valence electrons. The number of aryl methyl sites for hydroxylation is 1. The topological polar surface area (TPSA) is 86.7 Å². The Bertz CT molecular complexity index is 776. The fraction of sp³-hybridized carbons (Fsp3) is 0.333. The van der Waals surface area contributed by atoms with Crippen molar-refractivity contribution in [2.24, 2.45) is 0 Å². The van der Waals surface area contributed by atoms with E-state index in [0.29, 0.717) is 17.7 Å². The molecular formula is C18H21KO5S. The molecule has 0 amide bonds. The zero-order valence-corrected chi connectivity index (χ0v) is 18.5. The summed E-state index contributed by atoms with van der Waals surface area (Å²) in [6, 6.07) is 11.2. The van der Waals surface area contributed by atoms with Gasteiger partial charge in [-0.2, -0.15) is 8.42 Å². The van der Waals surface area contributed by atoms with E-state index in [1.165, 1.54) is 6.07 Å². The Balaban J connectivity index is 0.00000312. The number of unbranched alkanes of at least 4 members (excludes halogenated alkanes) is 3. The molecule has 0 saturated heterocycles. The van der Waals surface area contributed by atoms with Crippen LogP contribution in [0, 0.1) is 0 Å². The van der Waals surface area contributed by atoms with Gasteiger partial charge in [-0.1, -0.05) is 56.2 Å². The number of hydrogen-bond donors (Lipinski definition) is 1. The summed E-state index contributed by atoms with van der Waals surface area (Å²) < 4.78 is 37.7. The number of benzene rings is 2. The van der Waals surface area contributed by atoms with E-state index in [1.807, 2.05) is 6.07 Å². The Hall–Kier alpha value is -0.414.